The Bertz CT molecular complexity index is 574. The predicted octanol–water partition coefficient (Wildman–Crippen LogP) is 1.33. The lowest BCUT2D eigenvalue weighted by atomic mass is 10.3. The Morgan fingerprint density at radius 1 is 1.58 bits per heavy atom. The maximum atomic E-state index is 11.1. The van der Waals surface area contributed by atoms with Crippen LogP contribution < -0.4 is 5.32 Å². The molecule has 1 unspecified atom stereocenters. The molecule has 0 spiro atoms. The van der Waals surface area contributed by atoms with Crippen LogP contribution in [0.3, 0.4) is 0 Å². The topological polar surface area (TPSA) is 90.8 Å². The van der Waals surface area contributed by atoms with Crippen LogP contribution in [0.5, 0.6) is 0 Å². The highest BCUT2D eigenvalue weighted by Crippen LogP contribution is 2.27. The number of hydrogen-bond acceptors (Lipinski definition) is 5. The molecule has 0 aliphatic heterocycles. The molecule has 19 heavy (non-hydrogen) atoms. The van der Waals surface area contributed by atoms with Gasteiger partial charge in [0, 0.05) is 32.0 Å². The Kier molecular flexibility index (Phi) is 3.50. The summed E-state index contributed by atoms with van der Waals surface area (Å²) in [5.74, 6) is 0.426. The van der Waals surface area contributed by atoms with E-state index in [0.717, 1.165) is 0 Å². The van der Waals surface area contributed by atoms with Gasteiger partial charge in [-0.05, 0) is 13.8 Å². The Balaban J connectivity index is 2.16. The van der Waals surface area contributed by atoms with E-state index in [1.807, 2.05) is 17.7 Å². The van der Waals surface area contributed by atoms with Gasteiger partial charge in [-0.2, -0.15) is 5.10 Å². The molecule has 1 N–H and O–H groups in total. The van der Waals surface area contributed by atoms with Crippen molar-refractivity contribution in [3.63, 3.8) is 0 Å². The molecule has 0 fully saturated rings. The lowest BCUT2D eigenvalue weighted by molar-refractivity contribution is -0.384. The van der Waals surface area contributed by atoms with Crippen molar-refractivity contribution in [3.05, 3.63) is 34.5 Å². The Morgan fingerprint density at radius 2 is 2.32 bits per heavy atom. The number of imidazole rings is 1. The van der Waals surface area contributed by atoms with E-state index in [1.54, 1.807) is 26.5 Å². The molecule has 0 aliphatic rings. The summed E-state index contributed by atoms with van der Waals surface area (Å²) >= 11 is 0. The molecule has 102 valence electrons. The summed E-state index contributed by atoms with van der Waals surface area (Å²) in [7, 11) is 1.69. The van der Waals surface area contributed by atoms with Gasteiger partial charge in [-0.1, -0.05) is 0 Å². The predicted molar refractivity (Wildman–Crippen MR) is 69.9 cm³/mol. The molecule has 0 aromatic carbocycles. The minimum absolute atomic E-state index is 0.0164. The lowest BCUT2D eigenvalue weighted by Crippen LogP contribution is -2.23. The monoisotopic (exact) mass is 264 g/mol. The van der Waals surface area contributed by atoms with Gasteiger partial charge in [0.15, 0.2) is 0 Å². The smallest absolute Gasteiger partial charge is 0.333 e. The fourth-order valence-electron chi connectivity index (χ4n) is 2.02. The lowest BCUT2D eigenvalue weighted by Gasteiger charge is -2.15. The minimum atomic E-state index is -0.408. The number of anilines is 1. The highest BCUT2D eigenvalue weighted by molar-refractivity contribution is 5.59. The van der Waals surface area contributed by atoms with E-state index in [0.29, 0.717) is 18.1 Å². The Hall–Kier alpha value is -2.38. The number of hydrogen-bond donors (Lipinski definition) is 1. The average Bonchev–Trinajstić information content (AvgIpc) is 2.88. The number of nitro groups is 1. The molecule has 0 radical (unpaired) electrons. The summed E-state index contributed by atoms with van der Waals surface area (Å²) in [6.07, 6.45) is 5.26. The number of nitrogens with one attached hydrogen (secondary N) is 1. The highest BCUT2D eigenvalue weighted by Gasteiger charge is 2.24. The minimum Gasteiger partial charge on any atom is -0.360 e. The fourth-order valence-corrected chi connectivity index (χ4v) is 2.02. The number of nitrogens with zero attached hydrogens (tertiary/aromatic N) is 5. The molecule has 2 heterocycles. The first-order valence-electron chi connectivity index (χ1n) is 5.89. The van der Waals surface area contributed by atoms with Crippen LogP contribution in [0.2, 0.25) is 0 Å². The van der Waals surface area contributed by atoms with Gasteiger partial charge in [0.2, 0.25) is 5.82 Å². The summed E-state index contributed by atoms with van der Waals surface area (Å²) in [6, 6.07) is 0.0164. The summed E-state index contributed by atoms with van der Waals surface area (Å²) in [5.41, 5.74) is 0.435. The molecule has 0 saturated heterocycles. The standard InChI is InChI=1S/C11H16N6O2/c1-8(6-16-5-4-12-7-16)13-11-10(17(18)19)9(2)14-15(11)3/h4-5,7-8,13H,6H2,1-3H3. The van der Waals surface area contributed by atoms with Crippen molar-refractivity contribution in [1.29, 1.82) is 0 Å². The van der Waals surface area contributed by atoms with E-state index >= 15 is 0 Å². The van der Waals surface area contributed by atoms with Crippen molar-refractivity contribution >= 4 is 11.5 Å². The first-order chi connectivity index (χ1) is 8.99. The van der Waals surface area contributed by atoms with Gasteiger partial charge in [-0.3, -0.25) is 10.1 Å². The SMILES string of the molecule is Cc1nn(C)c(NC(C)Cn2ccnc2)c1[N+](=O)[O-]. The molecule has 8 nitrogen and oxygen atoms in total. The quantitative estimate of drug-likeness (QED) is 0.650. The first-order valence-corrected chi connectivity index (χ1v) is 5.89. The average molecular weight is 264 g/mol. The Morgan fingerprint density at radius 3 is 2.89 bits per heavy atom. The van der Waals surface area contributed by atoms with Crippen LogP contribution in [0.4, 0.5) is 11.5 Å². The van der Waals surface area contributed by atoms with Crippen molar-refractivity contribution in [2.24, 2.45) is 7.05 Å². The maximum Gasteiger partial charge on any atom is 0.333 e. The van der Waals surface area contributed by atoms with E-state index in [2.05, 4.69) is 15.4 Å². The second-order valence-corrected chi connectivity index (χ2v) is 4.47. The van der Waals surface area contributed by atoms with Crippen LogP contribution in [0.15, 0.2) is 18.7 Å². The van der Waals surface area contributed by atoms with E-state index in [1.165, 1.54) is 4.68 Å². The van der Waals surface area contributed by atoms with Crippen LogP contribution >= 0.6 is 0 Å². The van der Waals surface area contributed by atoms with Gasteiger partial charge >= 0.3 is 5.69 Å². The molecule has 8 heteroatoms. The van der Waals surface area contributed by atoms with E-state index < -0.39 is 4.92 Å². The van der Waals surface area contributed by atoms with Crippen molar-refractivity contribution < 1.29 is 4.92 Å². The molecule has 1 atom stereocenters. The second kappa shape index (κ2) is 5.09. The van der Waals surface area contributed by atoms with Gasteiger partial charge in [0.1, 0.15) is 5.69 Å². The molecule has 2 aromatic heterocycles. The third-order valence-corrected chi connectivity index (χ3v) is 2.80. The first kappa shape index (κ1) is 13.1. The molecule has 0 saturated carbocycles. The van der Waals surface area contributed by atoms with Crippen molar-refractivity contribution in [1.82, 2.24) is 19.3 Å². The number of rotatable bonds is 5. The summed E-state index contributed by atoms with van der Waals surface area (Å²) in [6.45, 7) is 4.25. The number of aromatic nitrogens is 4. The van der Waals surface area contributed by atoms with Gasteiger partial charge in [-0.15, -0.1) is 0 Å². The van der Waals surface area contributed by atoms with Crippen LogP contribution in [0.1, 0.15) is 12.6 Å². The van der Waals surface area contributed by atoms with E-state index in [9.17, 15) is 10.1 Å². The van der Waals surface area contributed by atoms with Crippen LogP contribution in [0, 0.1) is 17.0 Å². The van der Waals surface area contributed by atoms with Crippen LogP contribution in [0.25, 0.3) is 0 Å². The molecule has 0 aliphatic carbocycles. The Labute approximate surface area is 110 Å². The fraction of sp³-hybridized carbons (Fsp3) is 0.455. The van der Waals surface area contributed by atoms with Gasteiger partial charge < -0.3 is 9.88 Å². The zero-order chi connectivity index (χ0) is 14.0. The largest absolute Gasteiger partial charge is 0.360 e. The third-order valence-electron chi connectivity index (χ3n) is 2.80. The molecule has 2 rings (SSSR count). The summed E-state index contributed by atoms with van der Waals surface area (Å²) < 4.78 is 3.41. The van der Waals surface area contributed by atoms with Gasteiger partial charge in [0.05, 0.1) is 11.3 Å². The summed E-state index contributed by atoms with van der Waals surface area (Å²) in [5, 5.41) is 18.3. The van der Waals surface area contributed by atoms with Crippen LogP contribution in [-0.2, 0) is 13.6 Å². The maximum absolute atomic E-state index is 11.1. The molecular formula is C11H16N6O2. The summed E-state index contributed by atoms with van der Waals surface area (Å²) in [4.78, 5) is 14.6. The van der Waals surface area contributed by atoms with Gasteiger partial charge in [-0.25, -0.2) is 9.67 Å². The highest BCUT2D eigenvalue weighted by atomic mass is 16.6. The molecule has 2 aromatic rings. The second-order valence-electron chi connectivity index (χ2n) is 4.47. The van der Waals surface area contributed by atoms with Crippen LogP contribution in [-0.4, -0.2) is 30.3 Å². The third kappa shape index (κ3) is 2.72. The normalized spacial score (nSPS) is 12.4. The van der Waals surface area contributed by atoms with Crippen molar-refractivity contribution in [2.45, 2.75) is 26.4 Å². The molecular weight excluding hydrogens is 248 g/mol. The van der Waals surface area contributed by atoms with Gasteiger partial charge in [0.25, 0.3) is 0 Å². The zero-order valence-electron chi connectivity index (χ0n) is 11.1. The van der Waals surface area contributed by atoms with Crippen molar-refractivity contribution in [2.75, 3.05) is 5.32 Å². The number of aryl methyl sites for hydroxylation is 2. The van der Waals surface area contributed by atoms with E-state index in [-0.39, 0.29) is 11.7 Å². The van der Waals surface area contributed by atoms with Crippen molar-refractivity contribution in [3.8, 4) is 0 Å². The van der Waals surface area contributed by atoms with E-state index in [4.69, 9.17) is 0 Å². The molecule has 0 amide bonds. The zero-order valence-corrected chi connectivity index (χ0v) is 11.1. The molecule has 0 bridgehead atoms.